The van der Waals surface area contributed by atoms with Gasteiger partial charge in [0.2, 0.25) is 0 Å². The maximum atomic E-state index is 11.4. The third kappa shape index (κ3) is 3.54. The van der Waals surface area contributed by atoms with Crippen LogP contribution in [-0.4, -0.2) is 43.0 Å². The second kappa shape index (κ2) is 7.40. The number of aromatic nitrogens is 2. The lowest BCUT2D eigenvalue weighted by Crippen LogP contribution is -2.40. The van der Waals surface area contributed by atoms with Crippen LogP contribution in [0.5, 0.6) is 0 Å². The molecule has 1 aromatic carbocycles. The van der Waals surface area contributed by atoms with Gasteiger partial charge in [-0.1, -0.05) is 30.3 Å². The maximum Gasteiger partial charge on any atom is 0.358 e. The van der Waals surface area contributed by atoms with Gasteiger partial charge in [0.25, 0.3) is 0 Å². The normalized spacial score (nSPS) is 16.4. The number of ether oxygens (including phenoxy) is 2. The van der Waals surface area contributed by atoms with Crippen LogP contribution in [0.25, 0.3) is 0 Å². The molecule has 0 amide bonds. The highest BCUT2D eigenvalue weighted by Gasteiger charge is 2.34. The molecule has 0 spiro atoms. The van der Waals surface area contributed by atoms with E-state index < -0.39 is 5.97 Å². The molecule has 1 fully saturated rings. The van der Waals surface area contributed by atoms with E-state index in [1.807, 2.05) is 6.07 Å². The number of benzene rings is 1. The van der Waals surface area contributed by atoms with Crippen molar-refractivity contribution < 1.29 is 14.3 Å². The quantitative estimate of drug-likeness (QED) is 0.850. The zero-order valence-corrected chi connectivity index (χ0v) is 13.7. The fourth-order valence-corrected chi connectivity index (χ4v) is 3.02. The van der Waals surface area contributed by atoms with Crippen LogP contribution in [0.3, 0.4) is 0 Å². The van der Waals surface area contributed by atoms with Gasteiger partial charge in [-0.25, -0.2) is 4.79 Å². The number of hydrogen-bond donors (Lipinski definition) is 1. The predicted molar refractivity (Wildman–Crippen MR) is 90.0 cm³/mol. The lowest BCUT2D eigenvalue weighted by Gasteiger charge is -2.38. The van der Waals surface area contributed by atoms with Gasteiger partial charge in [-0.05, 0) is 30.5 Å². The Morgan fingerprint density at radius 1 is 1.17 bits per heavy atom. The smallest absolute Gasteiger partial charge is 0.358 e. The molecule has 2 heterocycles. The number of methoxy groups -OCH3 is 1. The number of anilines is 1. The summed E-state index contributed by atoms with van der Waals surface area (Å²) in [5.74, 6) is 0.156. The largest absolute Gasteiger partial charge is 0.464 e. The Labute approximate surface area is 141 Å². The lowest BCUT2D eigenvalue weighted by molar-refractivity contribution is 0.0543. The predicted octanol–water partition coefficient (Wildman–Crippen LogP) is 2.42. The van der Waals surface area contributed by atoms with E-state index in [4.69, 9.17) is 4.74 Å². The Balaban J connectivity index is 1.73. The van der Waals surface area contributed by atoms with E-state index in [9.17, 15) is 4.79 Å². The van der Waals surface area contributed by atoms with E-state index in [2.05, 4.69) is 44.5 Å². The van der Waals surface area contributed by atoms with Crippen LogP contribution in [0.2, 0.25) is 0 Å². The third-order valence-corrected chi connectivity index (χ3v) is 4.50. The lowest BCUT2D eigenvalue weighted by atomic mass is 9.74. The molecular formula is C18H21N3O3. The van der Waals surface area contributed by atoms with Crippen molar-refractivity contribution in [2.75, 3.05) is 32.2 Å². The number of esters is 1. The first-order valence-electron chi connectivity index (χ1n) is 8.03. The molecule has 24 heavy (non-hydrogen) atoms. The highest BCUT2D eigenvalue weighted by Crippen LogP contribution is 2.34. The number of carbonyl (C=O) groups is 1. The van der Waals surface area contributed by atoms with E-state index >= 15 is 0 Å². The van der Waals surface area contributed by atoms with E-state index in [1.54, 1.807) is 12.1 Å². The monoisotopic (exact) mass is 327 g/mol. The van der Waals surface area contributed by atoms with Crippen molar-refractivity contribution >= 4 is 11.8 Å². The second-order valence-corrected chi connectivity index (χ2v) is 5.91. The average molecular weight is 327 g/mol. The molecular weight excluding hydrogens is 306 g/mol. The first-order chi connectivity index (χ1) is 11.7. The standard InChI is InChI=1S/C18H21N3O3/c1-23-17(22)15-7-8-16(21-20-15)19-13-18(9-11-24-12-10-18)14-5-3-2-4-6-14/h2-8H,9-13H2,1H3,(H,19,21). The Morgan fingerprint density at radius 3 is 2.54 bits per heavy atom. The van der Waals surface area contributed by atoms with Crippen LogP contribution < -0.4 is 5.32 Å². The SMILES string of the molecule is COC(=O)c1ccc(NCC2(c3ccccc3)CCOCC2)nn1. The molecule has 0 aliphatic carbocycles. The Morgan fingerprint density at radius 2 is 1.92 bits per heavy atom. The molecule has 6 nitrogen and oxygen atoms in total. The Kier molecular flexibility index (Phi) is 5.05. The molecule has 0 radical (unpaired) electrons. The van der Waals surface area contributed by atoms with Gasteiger partial charge in [0, 0.05) is 25.2 Å². The average Bonchev–Trinajstić information content (AvgIpc) is 2.67. The summed E-state index contributed by atoms with van der Waals surface area (Å²) in [4.78, 5) is 11.4. The molecule has 0 saturated carbocycles. The maximum absolute atomic E-state index is 11.4. The van der Waals surface area contributed by atoms with Crippen LogP contribution in [0, 0.1) is 0 Å². The molecule has 1 N–H and O–H groups in total. The van der Waals surface area contributed by atoms with E-state index in [0.29, 0.717) is 5.82 Å². The molecule has 126 valence electrons. The van der Waals surface area contributed by atoms with E-state index in [0.717, 1.165) is 32.6 Å². The highest BCUT2D eigenvalue weighted by molar-refractivity contribution is 5.86. The van der Waals surface area contributed by atoms with Gasteiger partial charge in [-0.3, -0.25) is 0 Å². The summed E-state index contributed by atoms with van der Waals surface area (Å²) in [6, 6.07) is 13.9. The fraction of sp³-hybridized carbons (Fsp3) is 0.389. The van der Waals surface area contributed by atoms with Crippen molar-refractivity contribution in [2.45, 2.75) is 18.3 Å². The topological polar surface area (TPSA) is 73.3 Å². The summed E-state index contributed by atoms with van der Waals surface area (Å²) in [7, 11) is 1.32. The van der Waals surface area contributed by atoms with Crippen molar-refractivity contribution in [1.82, 2.24) is 10.2 Å². The van der Waals surface area contributed by atoms with Gasteiger partial charge in [0.15, 0.2) is 5.69 Å². The van der Waals surface area contributed by atoms with Crippen LogP contribution in [0.4, 0.5) is 5.82 Å². The van der Waals surface area contributed by atoms with Crippen molar-refractivity contribution in [2.24, 2.45) is 0 Å². The molecule has 1 aromatic heterocycles. The fourth-order valence-electron chi connectivity index (χ4n) is 3.02. The molecule has 1 saturated heterocycles. The van der Waals surface area contributed by atoms with Crippen molar-refractivity contribution in [3.63, 3.8) is 0 Å². The number of nitrogens with zero attached hydrogens (tertiary/aromatic N) is 2. The van der Waals surface area contributed by atoms with Gasteiger partial charge < -0.3 is 14.8 Å². The highest BCUT2D eigenvalue weighted by atomic mass is 16.5. The molecule has 2 aromatic rings. The second-order valence-electron chi connectivity index (χ2n) is 5.91. The first kappa shape index (κ1) is 16.4. The minimum absolute atomic E-state index is 0.0161. The Bertz CT molecular complexity index is 668. The van der Waals surface area contributed by atoms with Crippen LogP contribution in [0.1, 0.15) is 28.9 Å². The van der Waals surface area contributed by atoms with Crippen LogP contribution >= 0.6 is 0 Å². The number of rotatable bonds is 5. The Hall–Kier alpha value is -2.47. The van der Waals surface area contributed by atoms with Crippen molar-refractivity contribution in [3.05, 3.63) is 53.7 Å². The van der Waals surface area contributed by atoms with Gasteiger partial charge in [-0.2, -0.15) is 0 Å². The van der Waals surface area contributed by atoms with Crippen molar-refractivity contribution in [3.8, 4) is 0 Å². The summed E-state index contributed by atoms with van der Waals surface area (Å²) >= 11 is 0. The summed E-state index contributed by atoms with van der Waals surface area (Å²) in [5.41, 5.74) is 1.52. The molecule has 0 atom stereocenters. The molecule has 1 aliphatic heterocycles. The van der Waals surface area contributed by atoms with Gasteiger partial charge in [0.05, 0.1) is 7.11 Å². The summed E-state index contributed by atoms with van der Waals surface area (Å²) < 4.78 is 10.2. The molecule has 3 rings (SSSR count). The van der Waals surface area contributed by atoms with Gasteiger partial charge >= 0.3 is 5.97 Å². The van der Waals surface area contributed by atoms with Crippen LogP contribution in [0.15, 0.2) is 42.5 Å². The number of carbonyl (C=O) groups excluding carboxylic acids is 1. The zero-order valence-electron chi connectivity index (χ0n) is 13.7. The van der Waals surface area contributed by atoms with Crippen LogP contribution in [-0.2, 0) is 14.9 Å². The minimum Gasteiger partial charge on any atom is -0.464 e. The third-order valence-electron chi connectivity index (χ3n) is 4.50. The minimum atomic E-state index is -0.487. The summed E-state index contributed by atoms with van der Waals surface area (Å²) in [5, 5.41) is 11.3. The van der Waals surface area contributed by atoms with Gasteiger partial charge in [-0.15, -0.1) is 10.2 Å². The molecule has 1 aliphatic rings. The first-order valence-corrected chi connectivity index (χ1v) is 8.03. The number of hydrogen-bond acceptors (Lipinski definition) is 6. The van der Waals surface area contributed by atoms with E-state index in [-0.39, 0.29) is 11.1 Å². The van der Waals surface area contributed by atoms with E-state index in [1.165, 1.54) is 12.7 Å². The molecule has 0 bridgehead atoms. The van der Waals surface area contributed by atoms with Crippen molar-refractivity contribution in [1.29, 1.82) is 0 Å². The van der Waals surface area contributed by atoms with Gasteiger partial charge in [0.1, 0.15) is 5.82 Å². The number of nitrogens with one attached hydrogen (secondary N) is 1. The molecule has 6 heteroatoms. The summed E-state index contributed by atoms with van der Waals surface area (Å²) in [6.45, 7) is 2.25. The molecule has 0 unspecified atom stereocenters. The summed E-state index contributed by atoms with van der Waals surface area (Å²) in [6.07, 6.45) is 1.91. The zero-order chi connectivity index (χ0) is 16.8.